The number of aliphatic hydroxyl groups is 1. The van der Waals surface area contributed by atoms with Gasteiger partial charge in [-0.3, -0.25) is 4.90 Å². The lowest BCUT2D eigenvalue weighted by atomic mass is 9.68. The SMILES string of the molecule is CCOC(=O)N1c2cc(OC)c(OC)cc2C(C(O)(c2ccccc2)c2ccccc2)CC1C. The van der Waals surface area contributed by atoms with Gasteiger partial charge in [-0.1, -0.05) is 60.7 Å². The van der Waals surface area contributed by atoms with Crippen molar-refractivity contribution in [3.05, 3.63) is 89.5 Å². The molecule has 1 N–H and O–H groups in total. The van der Waals surface area contributed by atoms with Gasteiger partial charge in [0, 0.05) is 18.0 Å². The molecule has 0 saturated carbocycles. The second kappa shape index (κ2) is 9.77. The van der Waals surface area contributed by atoms with Crippen LogP contribution in [0.25, 0.3) is 0 Å². The highest BCUT2D eigenvalue weighted by Gasteiger charge is 2.47. The van der Waals surface area contributed by atoms with Crippen molar-refractivity contribution in [2.45, 2.75) is 37.8 Å². The molecule has 3 aromatic rings. The Labute approximate surface area is 200 Å². The molecule has 0 fully saturated rings. The van der Waals surface area contributed by atoms with Gasteiger partial charge in [0.1, 0.15) is 5.60 Å². The lowest BCUT2D eigenvalue weighted by molar-refractivity contribution is 0.0412. The van der Waals surface area contributed by atoms with Gasteiger partial charge in [0.25, 0.3) is 0 Å². The molecule has 178 valence electrons. The smallest absolute Gasteiger partial charge is 0.414 e. The molecule has 0 spiro atoms. The minimum absolute atomic E-state index is 0.228. The molecular weight excluding hydrogens is 430 g/mol. The minimum atomic E-state index is -1.34. The van der Waals surface area contributed by atoms with Crippen LogP contribution < -0.4 is 14.4 Å². The third-order valence-corrected chi connectivity index (χ3v) is 6.58. The maximum absolute atomic E-state index is 13.0. The van der Waals surface area contributed by atoms with Crippen LogP contribution >= 0.6 is 0 Å². The van der Waals surface area contributed by atoms with E-state index in [0.717, 1.165) is 16.7 Å². The summed E-state index contributed by atoms with van der Waals surface area (Å²) in [6.45, 7) is 4.03. The number of anilines is 1. The van der Waals surface area contributed by atoms with Crippen LogP contribution in [0, 0.1) is 0 Å². The predicted molar refractivity (Wildman–Crippen MR) is 132 cm³/mol. The summed E-state index contributed by atoms with van der Waals surface area (Å²) in [5.74, 6) is 0.673. The van der Waals surface area contributed by atoms with Gasteiger partial charge in [-0.15, -0.1) is 0 Å². The first-order valence-electron chi connectivity index (χ1n) is 11.5. The van der Waals surface area contributed by atoms with Crippen molar-refractivity contribution in [2.75, 3.05) is 25.7 Å². The van der Waals surface area contributed by atoms with E-state index < -0.39 is 11.7 Å². The zero-order valence-corrected chi connectivity index (χ0v) is 20.0. The average molecular weight is 462 g/mol. The fourth-order valence-corrected chi connectivity index (χ4v) is 5.00. The van der Waals surface area contributed by atoms with E-state index in [-0.39, 0.29) is 18.6 Å². The normalized spacial score (nSPS) is 17.6. The van der Waals surface area contributed by atoms with E-state index in [0.29, 0.717) is 23.6 Å². The molecule has 0 radical (unpaired) electrons. The summed E-state index contributed by atoms with van der Waals surface area (Å²) >= 11 is 0. The summed E-state index contributed by atoms with van der Waals surface area (Å²) in [5.41, 5.74) is 1.66. The number of fused-ring (bicyclic) bond motifs is 1. The summed E-state index contributed by atoms with van der Waals surface area (Å²) in [6.07, 6.45) is 0.0894. The van der Waals surface area contributed by atoms with Crippen molar-refractivity contribution < 1.29 is 24.1 Å². The van der Waals surface area contributed by atoms with E-state index in [4.69, 9.17) is 14.2 Å². The maximum atomic E-state index is 13.0. The topological polar surface area (TPSA) is 68.2 Å². The van der Waals surface area contributed by atoms with Crippen LogP contribution in [0.2, 0.25) is 0 Å². The Hall–Kier alpha value is -3.51. The summed E-state index contributed by atoms with van der Waals surface area (Å²) in [6, 6.07) is 22.8. The van der Waals surface area contributed by atoms with E-state index >= 15 is 0 Å². The zero-order valence-electron chi connectivity index (χ0n) is 20.0. The fraction of sp³-hybridized carbons (Fsp3) is 0.321. The van der Waals surface area contributed by atoms with Gasteiger partial charge in [-0.2, -0.15) is 0 Å². The van der Waals surface area contributed by atoms with Gasteiger partial charge in [0.15, 0.2) is 11.5 Å². The molecule has 2 atom stereocenters. The molecular formula is C28H31NO5. The monoisotopic (exact) mass is 461 g/mol. The number of rotatable bonds is 6. The lowest BCUT2D eigenvalue weighted by Crippen LogP contribution is -2.48. The molecule has 0 aliphatic carbocycles. The van der Waals surface area contributed by atoms with Crippen molar-refractivity contribution in [1.29, 1.82) is 0 Å². The van der Waals surface area contributed by atoms with Crippen LogP contribution in [0.4, 0.5) is 10.5 Å². The standard InChI is InChI=1S/C28H31NO5/c1-5-34-27(30)29-19(2)16-23(22-17-25(32-3)26(33-4)18-24(22)29)28(31,20-12-8-6-9-13-20)21-14-10-7-11-15-21/h6-15,17-19,23,31H,5,16H2,1-4H3. The second-order valence-corrected chi connectivity index (χ2v) is 8.47. The molecule has 1 amide bonds. The highest BCUT2D eigenvalue weighted by molar-refractivity contribution is 5.91. The quantitative estimate of drug-likeness (QED) is 0.527. The molecule has 0 bridgehead atoms. The van der Waals surface area contributed by atoms with Crippen LogP contribution in [0.5, 0.6) is 11.5 Å². The molecule has 3 aromatic carbocycles. The molecule has 1 aliphatic heterocycles. The molecule has 34 heavy (non-hydrogen) atoms. The number of amides is 1. The van der Waals surface area contributed by atoms with Gasteiger partial charge in [0.2, 0.25) is 0 Å². The summed E-state index contributed by atoms with van der Waals surface area (Å²) < 4.78 is 16.5. The molecule has 0 aromatic heterocycles. The van der Waals surface area contributed by atoms with Crippen molar-refractivity contribution in [3.63, 3.8) is 0 Å². The summed E-state index contributed by atoms with van der Waals surface area (Å²) in [4.78, 5) is 14.6. The highest BCUT2D eigenvalue weighted by Crippen LogP contribution is 2.53. The summed E-state index contributed by atoms with van der Waals surface area (Å²) in [5, 5.41) is 12.6. The van der Waals surface area contributed by atoms with Crippen molar-refractivity contribution in [1.82, 2.24) is 0 Å². The Morgan fingerprint density at radius 1 is 0.971 bits per heavy atom. The molecule has 1 heterocycles. The Bertz CT molecular complexity index is 1090. The molecule has 1 aliphatic rings. The van der Waals surface area contributed by atoms with Gasteiger partial charge in [-0.05, 0) is 43.0 Å². The van der Waals surface area contributed by atoms with Crippen molar-refractivity contribution in [2.24, 2.45) is 0 Å². The van der Waals surface area contributed by atoms with Crippen molar-refractivity contribution >= 4 is 11.8 Å². The molecule has 4 rings (SSSR count). The maximum Gasteiger partial charge on any atom is 0.414 e. The Morgan fingerprint density at radius 2 is 1.50 bits per heavy atom. The molecule has 0 saturated heterocycles. The number of methoxy groups -OCH3 is 2. The van der Waals surface area contributed by atoms with Crippen LogP contribution in [0.3, 0.4) is 0 Å². The van der Waals surface area contributed by atoms with E-state index in [9.17, 15) is 9.90 Å². The summed E-state index contributed by atoms with van der Waals surface area (Å²) in [7, 11) is 3.14. The zero-order chi connectivity index (χ0) is 24.3. The predicted octanol–water partition coefficient (Wildman–Crippen LogP) is 5.48. The fourth-order valence-electron chi connectivity index (χ4n) is 5.00. The van der Waals surface area contributed by atoms with E-state index in [1.165, 1.54) is 0 Å². The Morgan fingerprint density at radius 3 is 2.00 bits per heavy atom. The van der Waals surface area contributed by atoms with Gasteiger partial charge in [-0.25, -0.2) is 4.79 Å². The van der Waals surface area contributed by atoms with Gasteiger partial charge in [0.05, 0.1) is 26.5 Å². The number of ether oxygens (including phenoxy) is 3. The molecule has 6 heteroatoms. The third-order valence-electron chi connectivity index (χ3n) is 6.58. The van der Waals surface area contributed by atoms with Crippen molar-refractivity contribution in [3.8, 4) is 11.5 Å². The number of nitrogens with zero attached hydrogens (tertiary/aromatic N) is 1. The highest BCUT2D eigenvalue weighted by atomic mass is 16.6. The molecule has 2 unspecified atom stereocenters. The number of carbonyl (C=O) groups is 1. The first kappa shape index (κ1) is 23.6. The van der Waals surface area contributed by atoms with E-state index in [1.807, 2.05) is 73.7 Å². The third kappa shape index (κ3) is 3.99. The second-order valence-electron chi connectivity index (χ2n) is 8.47. The Kier molecular flexibility index (Phi) is 6.80. The van der Waals surface area contributed by atoms with E-state index in [2.05, 4.69) is 0 Å². The first-order chi connectivity index (χ1) is 16.4. The van der Waals surface area contributed by atoms with Crippen LogP contribution in [0.15, 0.2) is 72.8 Å². The van der Waals surface area contributed by atoms with Crippen LogP contribution in [0.1, 0.15) is 42.9 Å². The van der Waals surface area contributed by atoms with Gasteiger partial charge < -0.3 is 19.3 Å². The Balaban J connectivity index is 1.99. The number of carbonyl (C=O) groups excluding carboxylic acids is 1. The minimum Gasteiger partial charge on any atom is -0.493 e. The number of hydrogen-bond donors (Lipinski definition) is 1. The van der Waals surface area contributed by atoms with Gasteiger partial charge >= 0.3 is 6.09 Å². The van der Waals surface area contributed by atoms with Crippen LogP contribution in [-0.2, 0) is 10.3 Å². The van der Waals surface area contributed by atoms with Crippen LogP contribution in [-0.4, -0.2) is 38.1 Å². The molecule has 6 nitrogen and oxygen atoms in total. The number of benzene rings is 3. The largest absolute Gasteiger partial charge is 0.493 e. The van der Waals surface area contributed by atoms with E-state index in [1.54, 1.807) is 32.1 Å². The number of hydrogen-bond acceptors (Lipinski definition) is 5. The first-order valence-corrected chi connectivity index (χ1v) is 11.5. The lowest BCUT2D eigenvalue weighted by Gasteiger charge is -2.46. The average Bonchev–Trinajstić information content (AvgIpc) is 2.88.